The number of rotatable bonds is 2. The molecule has 2 heterocycles. The minimum atomic E-state index is -4.13. The van der Waals surface area contributed by atoms with Crippen molar-refractivity contribution in [2.75, 3.05) is 0 Å². The van der Waals surface area contributed by atoms with Crippen molar-refractivity contribution in [3.05, 3.63) is 41.1 Å². The number of hydrogen-bond donors (Lipinski definition) is 1. The number of hydrogen-bond acceptors (Lipinski definition) is 2. The molecule has 0 radical (unpaired) electrons. The van der Waals surface area contributed by atoms with Gasteiger partial charge >= 0.3 is 6.18 Å². The van der Waals surface area contributed by atoms with Gasteiger partial charge in [0.2, 0.25) is 0 Å². The number of aryl methyl sites for hydroxylation is 1. The Balaban J connectivity index is 1.94. The van der Waals surface area contributed by atoms with Gasteiger partial charge in [-0.05, 0) is 24.5 Å². The molecule has 118 valence electrons. The zero-order valence-electron chi connectivity index (χ0n) is 12.3. The predicted molar refractivity (Wildman–Crippen MR) is 78.2 cm³/mol. The topological polar surface area (TPSA) is 43.8 Å². The molecule has 22 heavy (non-hydrogen) atoms. The molecule has 2 aromatic rings. The van der Waals surface area contributed by atoms with Gasteiger partial charge in [-0.2, -0.15) is 18.3 Å². The van der Waals surface area contributed by atoms with Gasteiger partial charge in [0.1, 0.15) is 0 Å². The van der Waals surface area contributed by atoms with Crippen LogP contribution in [0.3, 0.4) is 0 Å². The average molecular weight is 309 g/mol. The largest absolute Gasteiger partial charge is 0.392 e. The summed E-state index contributed by atoms with van der Waals surface area (Å²) in [6.07, 6.45) is -4.02. The van der Waals surface area contributed by atoms with Crippen LogP contribution in [0.5, 0.6) is 0 Å². The van der Waals surface area contributed by atoms with Crippen LogP contribution >= 0.6 is 0 Å². The maximum atomic E-state index is 12.9. The summed E-state index contributed by atoms with van der Waals surface area (Å²) in [6.45, 7) is 2.64. The number of alkyl halides is 3. The third-order valence-electron chi connectivity index (χ3n) is 4.38. The minimum Gasteiger partial charge on any atom is -0.326 e. The van der Waals surface area contributed by atoms with Crippen molar-refractivity contribution in [2.45, 2.75) is 39.0 Å². The first kappa shape index (κ1) is 15.1. The number of benzene rings is 1. The molecule has 1 atom stereocenters. The van der Waals surface area contributed by atoms with Crippen molar-refractivity contribution in [1.82, 2.24) is 9.78 Å². The van der Waals surface area contributed by atoms with E-state index in [0.29, 0.717) is 18.8 Å². The molecule has 3 nitrogen and oxygen atoms in total. The highest BCUT2D eigenvalue weighted by Gasteiger charge is 2.42. The summed E-state index contributed by atoms with van der Waals surface area (Å²) < 4.78 is 40.5. The van der Waals surface area contributed by atoms with E-state index in [9.17, 15) is 13.2 Å². The fourth-order valence-corrected chi connectivity index (χ4v) is 3.00. The van der Waals surface area contributed by atoms with E-state index < -0.39 is 12.1 Å². The summed E-state index contributed by atoms with van der Waals surface area (Å²) in [6, 6.07) is 7.69. The van der Waals surface area contributed by atoms with Crippen molar-refractivity contribution in [1.29, 1.82) is 0 Å². The molecule has 1 aliphatic rings. The van der Waals surface area contributed by atoms with E-state index in [4.69, 9.17) is 5.73 Å². The summed E-state index contributed by atoms with van der Waals surface area (Å²) >= 11 is 0. The van der Waals surface area contributed by atoms with Gasteiger partial charge in [0.05, 0.1) is 11.6 Å². The zero-order valence-corrected chi connectivity index (χ0v) is 12.3. The lowest BCUT2D eigenvalue weighted by molar-refractivity contribution is -0.179. The van der Waals surface area contributed by atoms with Gasteiger partial charge in [-0.15, -0.1) is 0 Å². The molecule has 1 aromatic carbocycles. The number of fused-ring (bicyclic) bond motifs is 1. The van der Waals surface area contributed by atoms with E-state index in [2.05, 4.69) is 5.10 Å². The first-order valence-corrected chi connectivity index (χ1v) is 7.32. The van der Waals surface area contributed by atoms with Crippen LogP contribution in [0.1, 0.15) is 23.2 Å². The molecule has 0 fully saturated rings. The molecule has 0 saturated carbocycles. The second-order valence-electron chi connectivity index (χ2n) is 5.78. The summed E-state index contributed by atoms with van der Waals surface area (Å²) in [5.74, 6) is -1.26. The van der Waals surface area contributed by atoms with Crippen LogP contribution in [0.25, 0.3) is 11.3 Å². The highest BCUT2D eigenvalue weighted by Crippen LogP contribution is 2.37. The third kappa shape index (κ3) is 2.63. The lowest BCUT2D eigenvalue weighted by atomic mass is 9.93. The highest BCUT2D eigenvalue weighted by molar-refractivity contribution is 5.64. The lowest BCUT2D eigenvalue weighted by Crippen LogP contribution is -2.31. The van der Waals surface area contributed by atoms with Crippen LogP contribution < -0.4 is 5.73 Å². The summed E-state index contributed by atoms with van der Waals surface area (Å²) in [7, 11) is 0. The third-order valence-corrected chi connectivity index (χ3v) is 4.38. The Labute approximate surface area is 126 Å². The predicted octanol–water partition coefficient (Wildman–Crippen LogP) is 3.44. The van der Waals surface area contributed by atoms with Crippen molar-refractivity contribution < 1.29 is 13.2 Å². The number of halogens is 3. The van der Waals surface area contributed by atoms with E-state index in [1.54, 1.807) is 4.68 Å². The SMILES string of the molecule is Cc1c(-c2ccc(CN)cc2)nn2c1CC(C(F)(F)F)CC2. The van der Waals surface area contributed by atoms with Gasteiger partial charge in [-0.1, -0.05) is 24.3 Å². The Hall–Kier alpha value is -1.82. The molecule has 1 unspecified atom stereocenters. The van der Waals surface area contributed by atoms with Gasteiger partial charge < -0.3 is 5.73 Å². The second kappa shape index (κ2) is 5.43. The maximum Gasteiger partial charge on any atom is 0.392 e. The highest BCUT2D eigenvalue weighted by atomic mass is 19.4. The van der Waals surface area contributed by atoms with Gasteiger partial charge in [-0.25, -0.2) is 0 Å². The maximum absolute atomic E-state index is 12.9. The van der Waals surface area contributed by atoms with Crippen molar-refractivity contribution in [3.63, 3.8) is 0 Å². The molecule has 3 rings (SSSR count). The molecule has 1 aliphatic heterocycles. The Morgan fingerprint density at radius 3 is 2.55 bits per heavy atom. The first-order valence-electron chi connectivity index (χ1n) is 7.32. The summed E-state index contributed by atoms with van der Waals surface area (Å²) in [5.41, 5.74) is 9.82. The van der Waals surface area contributed by atoms with Crippen LogP contribution in [0.15, 0.2) is 24.3 Å². The molecule has 1 aromatic heterocycles. The smallest absolute Gasteiger partial charge is 0.326 e. The normalized spacial score (nSPS) is 18.3. The van der Waals surface area contributed by atoms with E-state index >= 15 is 0 Å². The Morgan fingerprint density at radius 1 is 1.27 bits per heavy atom. The molecule has 0 bridgehead atoms. The quantitative estimate of drug-likeness (QED) is 0.923. The van der Waals surface area contributed by atoms with Gasteiger partial charge in [0.25, 0.3) is 0 Å². The van der Waals surface area contributed by atoms with Gasteiger partial charge in [0.15, 0.2) is 0 Å². The van der Waals surface area contributed by atoms with Crippen molar-refractivity contribution in [2.24, 2.45) is 11.7 Å². The van der Waals surface area contributed by atoms with Crippen LogP contribution in [-0.2, 0) is 19.5 Å². The van der Waals surface area contributed by atoms with Gasteiger partial charge in [0, 0.05) is 30.8 Å². The Bertz CT molecular complexity index is 671. The zero-order chi connectivity index (χ0) is 15.9. The number of nitrogens with zero attached hydrogens (tertiary/aromatic N) is 2. The van der Waals surface area contributed by atoms with Crippen LogP contribution in [0, 0.1) is 12.8 Å². The van der Waals surface area contributed by atoms with Crippen LogP contribution in [-0.4, -0.2) is 16.0 Å². The Morgan fingerprint density at radius 2 is 1.95 bits per heavy atom. The molecule has 0 spiro atoms. The van der Waals surface area contributed by atoms with E-state index in [1.165, 1.54) is 0 Å². The number of aromatic nitrogens is 2. The van der Waals surface area contributed by atoms with Gasteiger partial charge in [-0.3, -0.25) is 4.68 Å². The van der Waals surface area contributed by atoms with Crippen LogP contribution in [0.4, 0.5) is 13.2 Å². The molecule has 0 saturated heterocycles. The molecule has 6 heteroatoms. The van der Waals surface area contributed by atoms with E-state index in [0.717, 1.165) is 22.4 Å². The van der Waals surface area contributed by atoms with E-state index in [-0.39, 0.29) is 12.8 Å². The molecule has 0 aliphatic carbocycles. The van der Waals surface area contributed by atoms with E-state index in [1.807, 2.05) is 31.2 Å². The standard InChI is InChI=1S/C16H18F3N3/c1-10-14-8-13(16(17,18)19)6-7-22(14)21-15(10)12-4-2-11(9-20)3-5-12/h2-5,13H,6-9,20H2,1H3. The molecular weight excluding hydrogens is 291 g/mol. The first-order chi connectivity index (χ1) is 10.4. The van der Waals surface area contributed by atoms with Crippen LogP contribution in [0.2, 0.25) is 0 Å². The number of nitrogens with two attached hydrogens (primary N) is 1. The molecule has 2 N–H and O–H groups in total. The summed E-state index contributed by atoms with van der Waals surface area (Å²) in [4.78, 5) is 0. The van der Waals surface area contributed by atoms with Crippen molar-refractivity contribution >= 4 is 0 Å². The summed E-state index contributed by atoms with van der Waals surface area (Å²) in [5, 5.41) is 4.51. The average Bonchev–Trinajstić information content (AvgIpc) is 2.83. The Kier molecular flexibility index (Phi) is 3.72. The lowest BCUT2D eigenvalue weighted by Gasteiger charge is -2.25. The van der Waals surface area contributed by atoms with Crippen molar-refractivity contribution in [3.8, 4) is 11.3 Å². The molecule has 0 amide bonds. The fraction of sp³-hybridized carbons (Fsp3) is 0.438. The minimum absolute atomic E-state index is 0.0171. The monoisotopic (exact) mass is 309 g/mol. The second-order valence-corrected chi connectivity index (χ2v) is 5.78. The molecular formula is C16H18F3N3. The fourth-order valence-electron chi connectivity index (χ4n) is 3.00.